The van der Waals surface area contributed by atoms with Crippen molar-refractivity contribution in [3.8, 4) is 0 Å². The maximum atomic E-state index is 13.1. The van der Waals surface area contributed by atoms with Gasteiger partial charge in [0, 0.05) is 37.7 Å². The van der Waals surface area contributed by atoms with Gasteiger partial charge in [0.25, 0.3) is 0 Å². The highest BCUT2D eigenvalue weighted by atomic mass is 32.2. The Kier molecular flexibility index (Phi) is 4.50. The van der Waals surface area contributed by atoms with Gasteiger partial charge in [0.15, 0.2) is 5.76 Å². The molecular weight excluding hydrogens is 378 g/mol. The molecule has 9 heteroatoms. The minimum atomic E-state index is -3.57. The molecule has 2 aliphatic rings. The third-order valence-electron chi connectivity index (χ3n) is 5.76. The Bertz CT molecular complexity index is 962. The van der Waals surface area contributed by atoms with E-state index in [0.29, 0.717) is 36.4 Å². The lowest BCUT2D eigenvalue weighted by Crippen LogP contribution is -2.34. The first-order valence-corrected chi connectivity index (χ1v) is 11.0. The van der Waals surface area contributed by atoms with E-state index in [4.69, 9.17) is 4.52 Å². The van der Waals surface area contributed by atoms with Gasteiger partial charge in [-0.15, -0.1) is 0 Å². The summed E-state index contributed by atoms with van der Waals surface area (Å²) in [5.74, 6) is 1.87. The normalized spacial score (nSPS) is 23.4. The first-order chi connectivity index (χ1) is 13.1. The minimum Gasteiger partial charge on any atom is -0.360 e. The molecule has 4 rings (SSSR count). The maximum absolute atomic E-state index is 13.1. The fourth-order valence-electron chi connectivity index (χ4n) is 4.24. The van der Waals surface area contributed by atoms with Gasteiger partial charge < -0.3 is 9.42 Å². The van der Waals surface area contributed by atoms with E-state index < -0.39 is 10.0 Å². The minimum absolute atomic E-state index is 0.0352. The Morgan fingerprint density at radius 3 is 2.25 bits per heavy atom. The summed E-state index contributed by atoms with van der Waals surface area (Å²) in [6.07, 6.45) is 1.62. The van der Waals surface area contributed by atoms with E-state index in [9.17, 15) is 8.42 Å². The van der Waals surface area contributed by atoms with Crippen LogP contribution in [0.25, 0.3) is 0 Å². The van der Waals surface area contributed by atoms with Gasteiger partial charge in [0.1, 0.15) is 22.7 Å². The lowest BCUT2D eigenvalue weighted by atomic mass is 9.92. The molecule has 0 spiro atoms. The van der Waals surface area contributed by atoms with E-state index in [-0.39, 0.29) is 10.3 Å². The Balaban J connectivity index is 1.50. The van der Waals surface area contributed by atoms with Crippen LogP contribution in [0.3, 0.4) is 0 Å². The van der Waals surface area contributed by atoms with Gasteiger partial charge in [0.05, 0.1) is 5.69 Å². The number of rotatable bonds is 3. The molecule has 0 aromatic carbocycles. The summed E-state index contributed by atoms with van der Waals surface area (Å²) in [5.41, 5.74) is 1.40. The quantitative estimate of drug-likeness (QED) is 0.772. The maximum Gasteiger partial charge on any atom is 0.248 e. The SMILES string of the molecule is Cc1noc(C)c1S(=O)(=O)N1CC2CN(c3cc(C(C)(C)C)ncn3)CC2C1. The van der Waals surface area contributed by atoms with Gasteiger partial charge in [-0.1, -0.05) is 25.9 Å². The molecule has 28 heavy (non-hydrogen) atoms. The lowest BCUT2D eigenvalue weighted by Gasteiger charge is -2.24. The third-order valence-corrected chi connectivity index (χ3v) is 7.84. The first-order valence-electron chi connectivity index (χ1n) is 9.58. The zero-order valence-electron chi connectivity index (χ0n) is 17.0. The Morgan fingerprint density at radius 1 is 1.07 bits per heavy atom. The predicted octanol–water partition coefficient (Wildman–Crippen LogP) is 2.14. The third kappa shape index (κ3) is 3.20. The van der Waals surface area contributed by atoms with E-state index in [1.807, 2.05) is 0 Å². The largest absolute Gasteiger partial charge is 0.360 e. The lowest BCUT2D eigenvalue weighted by molar-refractivity contribution is 0.389. The van der Waals surface area contributed by atoms with Crippen molar-refractivity contribution in [1.29, 1.82) is 0 Å². The number of hydrogen-bond acceptors (Lipinski definition) is 7. The molecule has 152 valence electrons. The van der Waals surface area contributed by atoms with Crippen LogP contribution < -0.4 is 4.90 Å². The number of fused-ring (bicyclic) bond motifs is 1. The molecule has 2 fully saturated rings. The summed E-state index contributed by atoms with van der Waals surface area (Å²) in [6, 6.07) is 2.05. The molecule has 0 aliphatic carbocycles. The zero-order chi connectivity index (χ0) is 20.3. The Labute approximate surface area is 166 Å². The molecule has 0 radical (unpaired) electrons. The standard InChI is InChI=1S/C19H27N5O3S/c1-12-18(13(2)27-22-12)28(25,26)24-9-14-7-23(8-15(14)10-24)17-6-16(19(3,4)5)20-11-21-17/h6,11,14-15H,7-10H2,1-5H3. The van der Waals surface area contributed by atoms with Gasteiger partial charge >= 0.3 is 0 Å². The summed E-state index contributed by atoms with van der Waals surface area (Å²) in [6.45, 7) is 12.4. The smallest absolute Gasteiger partial charge is 0.248 e. The molecule has 8 nitrogen and oxygen atoms in total. The highest BCUT2D eigenvalue weighted by molar-refractivity contribution is 7.89. The number of anilines is 1. The highest BCUT2D eigenvalue weighted by Crippen LogP contribution is 2.37. The van der Waals surface area contributed by atoms with Crippen molar-refractivity contribution in [2.24, 2.45) is 11.8 Å². The monoisotopic (exact) mass is 405 g/mol. The number of hydrogen-bond donors (Lipinski definition) is 0. The van der Waals surface area contributed by atoms with E-state index in [2.05, 4.69) is 46.9 Å². The van der Waals surface area contributed by atoms with Crippen LogP contribution in [0.2, 0.25) is 0 Å². The molecule has 2 aromatic rings. The van der Waals surface area contributed by atoms with Gasteiger partial charge in [-0.05, 0) is 25.7 Å². The topological polar surface area (TPSA) is 92.4 Å². The van der Waals surface area contributed by atoms with Crippen molar-refractivity contribution in [3.05, 3.63) is 29.5 Å². The highest BCUT2D eigenvalue weighted by Gasteiger charge is 2.45. The summed E-state index contributed by atoms with van der Waals surface area (Å²) < 4.78 is 32.8. The molecule has 4 heterocycles. The molecule has 2 aromatic heterocycles. The molecule has 2 unspecified atom stereocenters. The summed E-state index contributed by atoms with van der Waals surface area (Å²) in [4.78, 5) is 11.3. The zero-order valence-corrected chi connectivity index (χ0v) is 17.8. The molecule has 2 saturated heterocycles. The van der Waals surface area contributed by atoms with Crippen molar-refractivity contribution in [2.75, 3.05) is 31.1 Å². The molecule has 0 N–H and O–H groups in total. The van der Waals surface area contributed by atoms with Gasteiger partial charge in [-0.3, -0.25) is 0 Å². The average Bonchev–Trinajstić information content (AvgIpc) is 3.27. The molecular formula is C19H27N5O3S. The second-order valence-corrected chi connectivity index (χ2v) is 10.8. The number of aromatic nitrogens is 3. The summed E-state index contributed by atoms with van der Waals surface area (Å²) in [5, 5.41) is 3.80. The predicted molar refractivity (Wildman–Crippen MR) is 105 cm³/mol. The van der Waals surface area contributed by atoms with Crippen LogP contribution >= 0.6 is 0 Å². The van der Waals surface area contributed by atoms with Gasteiger partial charge in [-0.2, -0.15) is 4.31 Å². The van der Waals surface area contributed by atoms with Crippen molar-refractivity contribution >= 4 is 15.8 Å². The molecule has 0 amide bonds. The van der Waals surface area contributed by atoms with E-state index in [1.165, 1.54) is 0 Å². The number of sulfonamides is 1. The Morgan fingerprint density at radius 2 is 1.71 bits per heavy atom. The molecule has 0 saturated carbocycles. The van der Waals surface area contributed by atoms with E-state index in [1.54, 1.807) is 24.5 Å². The van der Waals surface area contributed by atoms with Crippen molar-refractivity contribution < 1.29 is 12.9 Å². The first kappa shape index (κ1) is 19.3. The van der Waals surface area contributed by atoms with Crippen LogP contribution in [-0.4, -0.2) is 54.0 Å². The van der Waals surface area contributed by atoms with Crippen molar-refractivity contribution in [1.82, 2.24) is 19.4 Å². The van der Waals surface area contributed by atoms with Crippen molar-refractivity contribution in [3.63, 3.8) is 0 Å². The fourth-order valence-corrected chi connectivity index (χ4v) is 6.08. The second-order valence-electron chi connectivity index (χ2n) is 8.91. The number of nitrogens with zero attached hydrogens (tertiary/aromatic N) is 5. The summed E-state index contributed by atoms with van der Waals surface area (Å²) >= 11 is 0. The van der Waals surface area contributed by atoms with Gasteiger partial charge in [0.2, 0.25) is 10.0 Å². The van der Waals surface area contributed by atoms with E-state index in [0.717, 1.165) is 24.6 Å². The van der Waals surface area contributed by atoms with Crippen LogP contribution in [0.1, 0.15) is 37.9 Å². The second kappa shape index (κ2) is 6.52. The fraction of sp³-hybridized carbons (Fsp3) is 0.632. The van der Waals surface area contributed by atoms with Crippen molar-refractivity contribution in [2.45, 2.75) is 44.9 Å². The number of aryl methyl sites for hydroxylation is 2. The average molecular weight is 406 g/mol. The molecule has 2 aliphatic heterocycles. The van der Waals surface area contributed by atoms with Crippen LogP contribution in [0.4, 0.5) is 5.82 Å². The van der Waals surface area contributed by atoms with Crippen LogP contribution in [0.5, 0.6) is 0 Å². The van der Waals surface area contributed by atoms with Crippen LogP contribution in [0.15, 0.2) is 21.8 Å². The van der Waals surface area contributed by atoms with E-state index >= 15 is 0 Å². The van der Waals surface area contributed by atoms with Crippen LogP contribution in [0, 0.1) is 25.7 Å². The van der Waals surface area contributed by atoms with Gasteiger partial charge in [-0.25, -0.2) is 18.4 Å². The molecule has 0 bridgehead atoms. The molecule has 2 atom stereocenters. The summed E-state index contributed by atoms with van der Waals surface area (Å²) in [7, 11) is -3.57. The van der Waals surface area contributed by atoms with Crippen LogP contribution in [-0.2, 0) is 15.4 Å². The Hall–Kier alpha value is -2.00.